The maximum Gasteiger partial charge on any atom is 0.338 e. The van der Waals surface area contributed by atoms with E-state index in [9.17, 15) is 14.9 Å². The Balaban J connectivity index is 1.48. The molecule has 45 heavy (non-hydrogen) atoms. The molecule has 0 unspecified atom stereocenters. The summed E-state index contributed by atoms with van der Waals surface area (Å²) in [5.41, 5.74) is 7.68. The van der Waals surface area contributed by atoms with Gasteiger partial charge in [-0.25, -0.2) is 4.79 Å². The molecule has 0 spiro atoms. The lowest BCUT2D eigenvalue weighted by Crippen LogP contribution is -2.40. The molecular weight excluding hydrogens is 586 g/mol. The predicted molar refractivity (Wildman–Crippen MR) is 173 cm³/mol. The summed E-state index contributed by atoms with van der Waals surface area (Å²) in [7, 11) is 0. The van der Waals surface area contributed by atoms with E-state index in [2.05, 4.69) is 6.07 Å². The average molecular weight is 614 g/mol. The van der Waals surface area contributed by atoms with Crippen LogP contribution in [0.25, 0.3) is 17.5 Å². The van der Waals surface area contributed by atoms with Gasteiger partial charge < -0.3 is 19.9 Å². The van der Waals surface area contributed by atoms with Crippen molar-refractivity contribution in [2.24, 2.45) is 5.73 Å². The normalized spacial score (nSPS) is 14.4. The van der Waals surface area contributed by atoms with Gasteiger partial charge in [-0.15, -0.1) is 11.3 Å². The molecule has 222 valence electrons. The molecule has 8 nitrogen and oxygen atoms in total. The summed E-state index contributed by atoms with van der Waals surface area (Å²) < 4.78 is 19.3. The van der Waals surface area contributed by atoms with E-state index in [0.717, 1.165) is 11.3 Å². The maximum atomic E-state index is 13.8. The highest BCUT2D eigenvalue weighted by molar-refractivity contribution is 7.07. The van der Waals surface area contributed by atoms with E-state index in [1.807, 2.05) is 84.9 Å². The van der Waals surface area contributed by atoms with Crippen LogP contribution in [0.1, 0.15) is 24.0 Å². The number of nitrogens with two attached hydrogens (primary N) is 1. The van der Waals surface area contributed by atoms with Crippen LogP contribution < -0.4 is 30.0 Å². The first-order valence-corrected chi connectivity index (χ1v) is 15.0. The van der Waals surface area contributed by atoms with Crippen LogP contribution in [0.4, 0.5) is 0 Å². The fourth-order valence-electron chi connectivity index (χ4n) is 5.12. The highest BCUT2D eigenvalue weighted by Gasteiger charge is 2.36. The van der Waals surface area contributed by atoms with Gasteiger partial charge in [0, 0.05) is 0 Å². The molecule has 0 radical (unpaired) electrons. The van der Waals surface area contributed by atoms with Crippen LogP contribution in [0.2, 0.25) is 0 Å². The number of ether oxygens (including phenoxy) is 3. The van der Waals surface area contributed by atoms with E-state index < -0.39 is 17.4 Å². The number of para-hydroxylation sites is 2. The fraction of sp³-hybridized carbons (Fsp3) is 0.0833. The molecule has 5 aromatic rings. The number of nitrogens with zero attached hydrogens (tertiary/aromatic N) is 2. The number of hydrogen-bond acceptors (Lipinski definition) is 8. The minimum Gasteiger partial charge on any atom is -0.463 e. The standard InChI is InChI=1S/C36H27N3O5S/c1-2-42-36(41)32-31(24-12-10-18-28(21-24)44-26-15-7-4-8-16-26)29(22-37)35-39(33(32)38)34(40)30(45-35)20-23-11-9-17-27(19-23)43-25-13-5-3-6-14-25/h3-21,31H,2,38H2,1H3/b30-20-/t31-/m1/s1. The molecule has 9 heteroatoms. The minimum atomic E-state index is -0.887. The number of esters is 1. The Kier molecular flexibility index (Phi) is 8.31. The lowest BCUT2D eigenvalue weighted by Gasteiger charge is -2.25. The Morgan fingerprint density at radius 2 is 1.49 bits per heavy atom. The van der Waals surface area contributed by atoms with Crippen LogP contribution in [-0.2, 0) is 9.53 Å². The third-order valence-corrected chi connectivity index (χ3v) is 8.18. The van der Waals surface area contributed by atoms with Crippen molar-refractivity contribution >= 4 is 34.8 Å². The second kappa shape index (κ2) is 12.8. The van der Waals surface area contributed by atoms with Crippen molar-refractivity contribution in [3.8, 4) is 29.1 Å². The highest BCUT2D eigenvalue weighted by atomic mass is 32.1. The van der Waals surface area contributed by atoms with Crippen molar-refractivity contribution in [1.29, 1.82) is 5.26 Å². The smallest absolute Gasteiger partial charge is 0.338 e. The Morgan fingerprint density at radius 3 is 2.11 bits per heavy atom. The first kappa shape index (κ1) is 29.2. The molecule has 0 aliphatic carbocycles. The molecule has 1 aromatic heterocycles. The van der Waals surface area contributed by atoms with E-state index >= 15 is 0 Å². The van der Waals surface area contributed by atoms with Gasteiger partial charge in [0.25, 0.3) is 5.56 Å². The van der Waals surface area contributed by atoms with Crippen molar-refractivity contribution < 1.29 is 19.0 Å². The fourth-order valence-corrected chi connectivity index (χ4v) is 6.25. The lowest BCUT2D eigenvalue weighted by molar-refractivity contribution is -0.138. The molecule has 0 amide bonds. The number of carbonyl (C=O) groups excluding carboxylic acids is 1. The monoisotopic (exact) mass is 613 g/mol. The van der Waals surface area contributed by atoms with E-state index in [1.165, 1.54) is 4.57 Å². The first-order valence-electron chi connectivity index (χ1n) is 14.2. The highest BCUT2D eigenvalue weighted by Crippen LogP contribution is 2.38. The van der Waals surface area contributed by atoms with Gasteiger partial charge in [-0.05, 0) is 72.7 Å². The number of aromatic nitrogens is 1. The number of thiazole rings is 1. The molecular formula is C36H27N3O5S. The van der Waals surface area contributed by atoms with Crippen molar-refractivity contribution in [2.45, 2.75) is 12.8 Å². The van der Waals surface area contributed by atoms with Crippen LogP contribution in [0.5, 0.6) is 23.0 Å². The third kappa shape index (κ3) is 6.00. The quantitative estimate of drug-likeness (QED) is 0.230. The summed E-state index contributed by atoms with van der Waals surface area (Å²) in [5, 5.41) is 10.5. The van der Waals surface area contributed by atoms with Gasteiger partial charge in [-0.3, -0.25) is 9.36 Å². The second-order valence-electron chi connectivity index (χ2n) is 10.0. The van der Waals surface area contributed by atoms with E-state index in [4.69, 9.17) is 19.9 Å². The SMILES string of the molecule is CCOC(=O)C1=C(N)n2c(s/c(=C\c3cccc(Oc4ccccc4)c3)c2=O)=C(C#N)[C@H]1c1cccc(Oc2ccccc2)c1. The molecule has 1 aliphatic heterocycles. The Labute approximate surface area is 262 Å². The summed E-state index contributed by atoms with van der Waals surface area (Å²) in [6.45, 7) is 1.77. The Morgan fingerprint density at radius 1 is 0.889 bits per heavy atom. The summed E-state index contributed by atoms with van der Waals surface area (Å²) in [4.78, 5) is 27.2. The summed E-state index contributed by atoms with van der Waals surface area (Å²) >= 11 is 1.13. The van der Waals surface area contributed by atoms with Gasteiger partial charge >= 0.3 is 5.97 Å². The van der Waals surface area contributed by atoms with Crippen LogP contribution in [0.15, 0.2) is 120 Å². The lowest BCUT2D eigenvalue weighted by atomic mass is 9.83. The van der Waals surface area contributed by atoms with Gasteiger partial charge in [0.1, 0.15) is 33.5 Å². The largest absolute Gasteiger partial charge is 0.463 e. The average Bonchev–Trinajstić information content (AvgIpc) is 3.37. The van der Waals surface area contributed by atoms with Crippen molar-refractivity contribution in [3.05, 3.63) is 145 Å². The summed E-state index contributed by atoms with van der Waals surface area (Å²) in [6, 6.07) is 35.3. The van der Waals surface area contributed by atoms with Crippen LogP contribution in [-0.4, -0.2) is 17.1 Å². The Hall–Kier alpha value is -5.85. The van der Waals surface area contributed by atoms with E-state index in [-0.39, 0.29) is 23.6 Å². The molecule has 2 heterocycles. The zero-order chi connectivity index (χ0) is 31.3. The molecule has 0 saturated heterocycles. The molecule has 1 atom stereocenters. The number of fused-ring (bicyclic) bond motifs is 1. The molecule has 0 bridgehead atoms. The molecule has 6 rings (SSSR count). The van der Waals surface area contributed by atoms with Gasteiger partial charge in [0.2, 0.25) is 0 Å². The Bertz CT molecular complexity index is 2140. The van der Waals surface area contributed by atoms with Crippen LogP contribution >= 0.6 is 11.3 Å². The van der Waals surface area contributed by atoms with Gasteiger partial charge in [0.05, 0.1) is 34.3 Å². The van der Waals surface area contributed by atoms with Gasteiger partial charge in [-0.2, -0.15) is 5.26 Å². The zero-order valence-electron chi connectivity index (χ0n) is 24.2. The van der Waals surface area contributed by atoms with Crippen molar-refractivity contribution in [2.75, 3.05) is 6.61 Å². The van der Waals surface area contributed by atoms with E-state index in [0.29, 0.717) is 43.3 Å². The predicted octanol–water partition coefficient (Wildman–Crippen LogP) is 5.49. The number of nitriles is 1. The number of carbonyl (C=O) groups is 1. The van der Waals surface area contributed by atoms with Gasteiger partial charge in [-0.1, -0.05) is 60.7 Å². The summed E-state index contributed by atoms with van der Waals surface area (Å²) in [6.07, 6.45) is 1.71. The maximum absolute atomic E-state index is 13.8. The second-order valence-corrected chi connectivity index (χ2v) is 11.0. The van der Waals surface area contributed by atoms with Gasteiger partial charge in [0.15, 0.2) is 0 Å². The first-order chi connectivity index (χ1) is 22.0. The van der Waals surface area contributed by atoms with Crippen molar-refractivity contribution in [3.63, 3.8) is 0 Å². The minimum absolute atomic E-state index is 0.0162. The van der Waals surface area contributed by atoms with Crippen LogP contribution in [0.3, 0.4) is 0 Å². The summed E-state index contributed by atoms with van der Waals surface area (Å²) in [5.74, 6) is 0.756. The number of rotatable bonds is 8. The zero-order valence-corrected chi connectivity index (χ0v) is 25.0. The van der Waals surface area contributed by atoms with Crippen LogP contribution in [0, 0.1) is 11.3 Å². The number of benzene rings is 4. The molecule has 4 aromatic carbocycles. The van der Waals surface area contributed by atoms with E-state index in [1.54, 1.807) is 37.3 Å². The van der Waals surface area contributed by atoms with Crippen molar-refractivity contribution in [1.82, 2.24) is 4.57 Å². The topological polar surface area (TPSA) is 117 Å². The molecule has 2 N–H and O–H groups in total. The molecule has 1 aliphatic rings. The number of hydrogen-bond donors (Lipinski definition) is 1. The molecule has 0 saturated carbocycles. The molecule has 0 fully saturated rings. The third-order valence-electron chi connectivity index (χ3n) is 7.07.